The molecule has 0 saturated carbocycles. The van der Waals surface area contributed by atoms with Gasteiger partial charge in [-0.25, -0.2) is 0 Å². The van der Waals surface area contributed by atoms with Gasteiger partial charge in [0.25, 0.3) is 0 Å². The lowest BCUT2D eigenvalue weighted by molar-refractivity contribution is -0.0192. The van der Waals surface area contributed by atoms with E-state index in [4.69, 9.17) is 14.0 Å². The molecule has 1 aliphatic rings. The molecule has 7 heteroatoms. The average Bonchev–Trinajstić information content (AvgIpc) is 3.09. The van der Waals surface area contributed by atoms with Crippen molar-refractivity contribution in [1.29, 1.82) is 0 Å². The fourth-order valence-electron chi connectivity index (χ4n) is 2.64. The molecule has 21 heavy (non-hydrogen) atoms. The van der Waals surface area contributed by atoms with E-state index in [-0.39, 0.29) is 6.04 Å². The maximum Gasteiger partial charge on any atom is 0.240 e. The van der Waals surface area contributed by atoms with E-state index in [1.54, 1.807) is 7.11 Å². The number of rotatable bonds is 5. The van der Waals surface area contributed by atoms with Crippen molar-refractivity contribution in [2.24, 2.45) is 7.05 Å². The summed E-state index contributed by atoms with van der Waals surface area (Å²) in [5.74, 6) is 1.19. The predicted octanol–water partition coefficient (Wildman–Crippen LogP) is 1.13. The molecule has 1 atom stereocenters. The molecule has 0 radical (unpaired) electrons. The van der Waals surface area contributed by atoms with Crippen molar-refractivity contribution in [3.8, 4) is 0 Å². The molecule has 1 saturated heterocycles. The van der Waals surface area contributed by atoms with Crippen molar-refractivity contribution in [3.63, 3.8) is 0 Å². The molecule has 3 heterocycles. The zero-order chi connectivity index (χ0) is 14.7. The normalized spacial score (nSPS) is 20.0. The Labute approximate surface area is 123 Å². The second-order valence-electron chi connectivity index (χ2n) is 5.14. The SMILES string of the molecule is COCc1noc(CN2CCOCC2c2cccn2C)n1. The number of hydrogen-bond donors (Lipinski definition) is 0. The molecule has 1 aliphatic heterocycles. The minimum Gasteiger partial charge on any atom is -0.378 e. The minimum atomic E-state index is 0.205. The Morgan fingerprint density at radius 1 is 1.48 bits per heavy atom. The summed E-state index contributed by atoms with van der Waals surface area (Å²) in [4.78, 5) is 6.65. The van der Waals surface area contributed by atoms with Crippen LogP contribution in [0.4, 0.5) is 0 Å². The van der Waals surface area contributed by atoms with Crippen LogP contribution in [0.15, 0.2) is 22.9 Å². The molecule has 2 aromatic heterocycles. The number of aromatic nitrogens is 3. The quantitative estimate of drug-likeness (QED) is 0.823. The smallest absolute Gasteiger partial charge is 0.240 e. The number of morpholine rings is 1. The highest BCUT2D eigenvalue weighted by Crippen LogP contribution is 2.25. The number of aryl methyl sites for hydroxylation is 1. The molecule has 0 aliphatic carbocycles. The van der Waals surface area contributed by atoms with E-state index >= 15 is 0 Å². The van der Waals surface area contributed by atoms with Crippen LogP contribution in [-0.2, 0) is 29.7 Å². The van der Waals surface area contributed by atoms with Crippen LogP contribution in [0.25, 0.3) is 0 Å². The van der Waals surface area contributed by atoms with Gasteiger partial charge in [0.2, 0.25) is 5.89 Å². The Kier molecular flexibility index (Phi) is 4.33. The molecular formula is C14H20N4O3. The lowest BCUT2D eigenvalue weighted by atomic mass is 10.1. The van der Waals surface area contributed by atoms with Gasteiger partial charge in [-0.3, -0.25) is 4.90 Å². The molecule has 1 unspecified atom stereocenters. The lowest BCUT2D eigenvalue weighted by Gasteiger charge is -2.34. The Hall–Kier alpha value is -1.70. The van der Waals surface area contributed by atoms with Gasteiger partial charge in [-0.1, -0.05) is 5.16 Å². The first-order chi connectivity index (χ1) is 10.3. The Balaban J connectivity index is 1.73. The van der Waals surface area contributed by atoms with Crippen LogP contribution in [0.2, 0.25) is 0 Å². The third-order valence-corrected chi connectivity index (χ3v) is 3.69. The molecule has 0 aromatic carbocycles. The van der Waals surface area contributed by atoms with E-state index in [0.717, 1.165) is 13.2 Å². The Bertz CT molecular complexity index is 580. The molecule has 0 amide bonds. The van der Waals surface area contributed by atoms with Crippen molar-refractivity contribution >= 4 is 0 Å². The number of hydrogen-bond acceptors (Lipinski definition) is 6. The largest absolute Gasteiger partial charge is 0.378 e. The Morgan fingerprint density at radius 3 is 3.14 bits per heavy atom. The van der Waals surface area contributed by atoms with E-state index in [0.29, 0.717) is 31.5 Å². The van der Waals surface area contributed by atoms with Crippen molar-refractivity contribution in [3.05, 3.63) is 35.7 Å². The third-order valence-electron chi connectivity index (χ3n) is 3.69. The van der Waals surface area contributed by atoms with Gasteiger partial charge in [0.05, 0.1) is 25.8 Å². The molecule has 0 bridgehead atoms. The minimum absolute atomic E-state index is 0.205. The van der Waals surface area contributed by atoms with Crippen LogP contribution in [0.3, 0.4) is 0 Å². The van der Waals surface area contributed by atoms with E-state index in [9.17, 15) is 0 Å². The standard InChI is InChI=1S/C14H20N4O3/c1-17-5-3-4-11(17)12-9-20-7-6-18(12)8-14-15-13(10-19-2)16-21-14/h3-5,12H,6-10H2,1-2H3. The van der Waals surface area contributed by atoms with Crippen LogP contribution >= 0.6 is 0 Å². The number of methoxy groups -OCH3 is 1. The van der Waals surface area contributed by atoms with Gasteiger partial charge in [-0.15, -0.1) is 0 Å². The van der Waals surface area contributed by atoms with E-state index < -0.39 is 0 Å². The first-order valence-corrected chi connectivity index (χ1v) is 7.01. The summed E-state index contributed by atoms with van der Waals surface area (Å²) in [6, 6.07) is 4.37. The summed E-state index contributed by atoms with van der Waals surface area (Å²) >= 11 is 0. The predicted molar refractivity (Wildman–Crippen MR) is 74.4 cm³/mol. The van der Waals surface area contributed by atoms with Gasteiger partial charge in [0, 0.05) is 32.6 Å². The highest BCUT2D eigenvalue weighted by atomic mass is 16.5. The topological polar surface area (TPSA) is 65.6 Å². The average molecular weight is 292 g/mol. The van der Waals surface area contributed by atoms with Crippen molar-refractivity contribution in [2.45, 2.75) is 19.2 Å². The van der Waals surface area contributed by atoms with Crippen molar-refractivity contribution in [1.82, 2.24) is 19.6 Å². The summed E-state index contributed by atoms with van der Waals surface area (Å²) in [5, 5.41) is 3.90. The number of ether oxygens (including phenoxy) is 2. The maximum absolute atomic E-state index is 5.63. The molecule has 7 nitrogen and oxygen atoms in total. The lowest BCUT2D eigenvalue weighted by Crippen LogP contribution is -2.39. The maximum atomic E-state index is 5.63. The van der Waals surface area contributed by atoms with Crippen LogP contribution in [-0.4, -0.2) is 46.5 Å². The van der Waals surface area contributed by atoms with Crippen molar-refractivity contribution < 1.29 is 14.0 Å². The first-order valence-electron chi connectivity index (χ1n) is 7.01. The van der Waals surface area contributed by atoms with Gasteiger partial charge in [-0.2, -0.15) is 4.98 Å². The zero-order valence-corrected chi connectivity index (χ0v) is 12.4. The summed E-state index contributed by atoms with van der Waals surface area (Å²) in [6.45, 7) is 3.23. The van der Waals surface area contributed by atoms with Crippen molar-refractivity contribution in [2.75, 3.05) is 26.9 Å². The fraction of sp³-hybridized carbons (Fsp3) is 0.571. The Morgan fingerprint density at radius 2 is 2.38 bits per heavy atom. The van der Waals surface area contributed by atoms with E-state index in [1.165, 1.54) is 5.69 Å². The van der Waals surface area contributed by atoms with Crippen LogP contribution in [0.5, 0.6) is 0 Å². The third kappa shape index (κ3) is 3.15. The van der Waals surface area contributed by atoms with Gasteiger partial charge in [0.1, 0.15) is 6.61 Å². The van der Waals surface area contributed by atoms with Gasteiger partial charge in [0.15, 0.2) is 5.82 Å². The van der Waals surface area contributed by atoms with Crippen LogP contribution in [0, 0.1) is 0 Å². The summed E-state index contributed by atoms with van der Waals surface area (Å²) < 4.78 is 18.0. The molecular weight excluding hydrogens is 272 g/mol. The van der Waals surface area contributed by atoms with E-state index in [2.05, 4.69) is 25.7 Å². The second kappa shape index (κ2) is 6.38. The van der Waals surface area contributed by atoms with Gasteiger partial charge in [-0.05, 0) is 12.1 Å². The molecule has 2 aromatic rings. The zero-order valence-electron chi connectivity index (χ0n) is 12.4. The van der Waals surface area contributed by atoms with Crippen LogP contribution in [0.1, 0.15) is 23.5 Å². The summed E-state index contributed by atoms with van der Waals surface area (Å²) in [6.07, 6.45) is 2.05. The van der Waals surface area contributed by atoms with Crippen LogP contribution < -0.4 is 0 Å². The molecule has 0 spiro atoms. The molecule has 114 valence electrons. The summed E-state index contributed by atoms with van der Waals surface area (Å²) in [5.41, 5.74) is 1.23. The molecule has 0 N–H and O–H groups in total. The molecule has 1 fully saturated rings. The monoisotopic (exact) mass is 292 g/mol. The highest BCUT2D eigenvalue weighted by molar-refractivity contribution is 5.12. The summed E-state index contributed by atoms with van der Waals surface area (Å²) in [7, 11) is 3.66. The number of nitrogens with zero attached hydrogens (tertiary/aromatic N) is 4. The first kappa shape index (κ1) is 14.2. The van der Waals surface area contributed by atoms with Gasteiger partial charge >= 0.3 is 0 Å². The second-order valence-corrected chi connectivity index (χ2v) is 5.14. The van der Waals surface area contributed by atoms with Gasteiger partial charge < -0.3 is 18.6 Å². The highest BCUT2D eigenvalue weighted by Gasteiger charge is 2.27. The van der Waals surface area contributed by atoms with E-state index in [1.807, 2.05) is 19.3 Å². The molecule has 3 rings (SSSR count). The fourth-order valence-corrected chi connectivity index (χ4v) is 2.64.